The van der Waals surface area contributed by atoms with Crippen LogP contribution in [0.1, 0.15) is 60.0 Å². The fourth-order valence-corrected chi connectivity index (χ4v) is 4.47. The minimum absolute atomic E-state index is 0.0904. The Bertz CT molecular complexity index is 1260. The maximum Gasteiger partial charge on any atom is 0.257 e. The second kappa shape index (κ2) is 10.3. The number of primary amides is 1. The topological polar surface area (TPSA) is 131 Å². The molecule has 0 radical (unpaired) electrons. The van der Waals surface area contributed by atoms with Gasteiger partial charge >= 0.3 is 0 Å². The molecule has 1 fully saturated rings. The van der Waals surface area contributed by atoms with E-state index in [0.717, 1.165) is 36.8 Å². The summed E-state index contributed by atoms with van der Waals surface area (Å²) in [6.07, 6.45) is 5.82. The monoisotopic (exact) mass is 457 g/mol. The van der Waals surface area contributed by atoms with E-state index in [2.05, 4.69) is 10.3 Å². The maximum absolute atomic E-state index is 12.8. The highest BCUT2D eigenvalue weighted by molar-refractivity contribution is 6.04. The zero-order chi connectivity index (χ0) is 24.1. The molecule has 0 unspecified atom stereocenters. The fraction of sp³-hybridized carbons (Fsp3) is 0.346. The zero-order valence-electron chi connectivity index (χ0n) is 18.9. The summed E-state index contributed by atoms with van der Waals surface area (Å²) < 4.78 is 1.74. The average molecular weight is 458 g/mol. The second-order valence-corrected chi connectivity index (χ2v) is 8.75. The van der Waals surface area contributed by atoms with Gasteiger partial charge in [-0.25, -0.2) is 4.98 Å². The highest BCUT2D eigenvalue weighted by atomic mass is 16.2. The van der Waals surface area contributed by atoms with Crippen molar-refractivity contribution in [2.75, 3.05) is 5.32 Å². The number of nitrogens with one attached hydrogen (secondary N) is 1. The number of benzene rings is 2. The summed E-state index contributed by atoms with van der Waals surface area (Å²) in [6.45, 7) is 0.259. The second-order valence-electron chi connectivity index (χ2n) is 8.75. The lowest BCUT2D eigenvalue weighted by Gasteiger charge is -2.20. The van der Waals surface area contributed by atoms with Gasteiger partial charge in [-0.05, 0) is 54.8 Å². The third kappa shape index (κ3) is 5.31. The van der Waals surface area contributed by atoms with Gasteiger partial charge < -0.3 is 10.3 Å². The molecule has 4 rings (SSSR count). The number of hydrogen-bond donors (Lipinski definition) is 2. The first-order chi connectivity index (χ1) is 16.4. The van der Waals surface area contributed by atoms with Crippen LogP contribution >= 0.6 is 0 Å². The van der Waals surface area contributed by atoms with Gasteiger partial charge in [-0.15, -0.1) is 0 Å². The predicted molar refractivity (Wildman–Crippen MR) is 128 cm³/mol. The van der Waals surface area contributed by atoms with Crippen LogP contribution in [0.25, 0.3) is 11.0 Å². The van der Waals surface area contributed by atoms with Gasteiger partial charge in [0.25, 0.3) is 5.91 Å². The van der Waals surface area contributed by atoms with E-state index in [-0.39, 0.29) is 30.6 Å². The Hall–Kier alpha value is -3.99. The molecule has 1 aliphatic carbocycles. The quantitative estimate of drug-likeness (QED) is 0.532. The normalized spacial score (nSPS) is 14.0. The van der Waals surface area contributed by atoms with Crippen molar-refractivity contribution in [3.05, 3.63) is 59.2 Å². The lowest BCUT2D eigenvalue weighted by molar-refractivity contribution is -0.123. The summed E-state index contributed by atoms with van der Waals surface area (Å²) in [7, 11) is 0. The lowest BCUT2D eigenvalue weighted by Crippen LogP contribution is -2.19. The fourth-order valence-electron chi connectivity index (χ4n) is 4.47. The summed E-state index contributed by atoms with van der Waals surface area (Å²) in [5.41, 5.74) is 8.44. The Balaban J connectivity index is 1.59. The molecule has 174 valence electrons. The maximum atomic E-state index is 12.8. The number of aryl methyl sites for hydroxylation is 1. The highest BCUT2D eigenvalue weighted by Crippen LogP contribution is 2.27. The number of fused-ring (bicyclic) bond motifs is 1. The lowest BCUT2D eigenvalue weighted by atomic mass is 9.84. The van der Waals surface area contributed by atoms with Crippen LogP contribution in [0.3, 0.4) is 0 Å². The molecule has 1 saturated carbocycles. The van der Waals surface area contributed by atoms with Crippen molar-refractivity contribution >= 4 is 34.6 Å². The summed E-state index contributed by atoms with van der Waals surface area (Å²) in [6, 6.07) is 13.9. The molecule has 3 aromatic rings. The molecule has 1 heterocycles. The molecule has 1 aromatic heterocycles. The van der Waals surface area contributed by atoms with Crippen molar-refractivity contribution < 1.29 is 14.4 Å². The van der Waals surface area contributed by atoms with Crippen LogP contribution in [-0.2, 0) is 22.6 Å². The number of amides is 2. The molecule has 2 aromatic carbocycles. The molecule has 8 nitrogen and oxygen atoms in total. The van der Waals surface area contributed by atoms with Gasteiger partial charge in [0.2, 0.25) is 11.9 Å². The first-order valence-electron chi connectivity index (χ1n) is 11.6. The number of nitriles is 1. The summed E-state index contributed by atoms with van der Waals surface area (Å²) >= 11 is 0. The predicted octanol–water partition coefficient (Wildman–Crippen LogP) is 3.73. The number of rotatable bonds is 8. The Morgan fingerprint density at radius 2 is 1.82 bits per heavy atom. The van der Waals surface area contributed by atoms with Gasteiger partial charge in [-0.1, -0.05) is 25.3 Å². The number of aromatic nitrogens is 2. The number of carbonyl (C=O) groups excluding carboxylic acids is 3. The Kier molecular flexibility index (Phi) is 7.02. The van der Waals surface area contributed by atoms with Crippen LogP contribution in [0.4, 0.5) is 5.95 Å². The Morgan fingerprint density at radius 3 is 2.50 bits per heavy atom. The number of anilines is 1. The van der Waals surface area contributed by atoms with E-state index in [4.69, 9.17) is 11.0 Å². The van der Waals surface area contributed by atoms with Gasteiger partial charge in [-0.2, -0.15) is 5.26 Å². The van der Waals surface area contributed by atoms with Crippen LogP contribution in [0.2, 0.25) is 0 Å². The number of imidazole rings is 1. The number of nitrogens with zero attached hydrogens (tertiary/aromatic N) is 3. The Labute approximate surface area is 197 Å². The van der Waals surface area contributed by atoms with E-state index in [1.54, 1.807) is 28.8 Å². The Morgan fingerprint density at radius 1 is 1.09 bits per heavy atom. The van der Waals surface area contributed by atoms with Crippen LogP contribution in [0.15, 0.2) is 42.5 Å². The number of hydrogen-bond acceptors (Lipinski definition) is 5. The molecule has 8 heteroatoms. The molecular formula is C26H27N5O3. The van der Waals surface area contributed by atoms with Gasteiger partial charge in [0, 0.05) is 30.9 Å². The smallest absolute Gasteiger partial charge is 0.257 e. The van der Waals surface area contributed by atoms with Crippen LogP contribution < -0.4 is 11.1 Å². The van der Waals surface area contributed by atoms with Gasteiger partial charge in [0.1, 0.15) is 5.78 Å². The average Bonchev–Trinajstić information content (AvgIpc) is 3.19. The van der Waals surface area contributed by atoms with Crippen molar-refractivity contribution in [3.63, 3.8) is 0 Å². The van der Waals surface area contributed by atoms with Crippen molar-refractivity contribution in [2.45, 2.75) is 51.5 Å². The molecule has 0 bridgehead atoms. The van der Waals surface area contributed by atoms with E-state index in [0.29, 0.717) is 29.0 Å². The van der Waals surface area contributed by atoms with Crippen LogP contribution in [-0.4, -0.2) is 27.1 Å². The molecule has 0 atom stereocenters. The van der Waals surface area contributed by atoms with E-state index in [1.165, 1.54) is 6.42 Å². The molecule has 3 N–H and O–H groups in total. The molecule has 0 saturated heterocycles. The molecule has 0 aliphatic heterocycles. The molecule has 1 aliphatic rings. The third-order valence-electron chi connectivity index (χ3n) is 6.33. The van der Waals surface area contributed by atoms with Crippen LogP contribution in [0, 0.1) is 17.2 Å². The van der Waals surface area contributed by atoms with Crippen molar-refractivity contribution in [3.8, 4) is 6.07 Å². The number of Topliss-reactive ketones (excluding diaryl/α,β-unsaturated/α-hetero) is 1. The SMILES string of the molecule is N#Cc1ccc(C(=O)Nc2nc3cc(CC(=O)C4CCCCC4)ccc3n2CCC(N)=O)cc1. The van der Waals surface area contributed by atoms with Crippen molar-refractivity contribution in [2.24, 2.45) is 11.7 Å². The molecule has 34 heavy (non-hydrogen) atoms. The summed E-state index contributed by atoms with van der Waals surface area (Å²) in [5.74, 6) is -0.142. The first-order valence-corrected chi connectivity index (χ1v) is 11.6. The largest absolute Gasteiger partial charge is 0.370 e. The first kappa shape index (κ1) is 23.2. The minimum atomic E-state index is -0.457. The van der Waals surface area contributed by atoms with E-state index >= 15 is 0 Å². The molecule has 2 amide bonds. The number of ketones is 1. The van der Waals surface area contributed by atoms with E-state index < -0.39 is 5.91 Å². The standard InChI is InChI=1S/C26H27N5O3/c27-16-17-6-9-20(10-7-17)25(34)30-26-29-21-14-18(15-23(32)19-4-2-1-3-5-19)8-11-22(21)31(26)13-12-24(28)33/h6-11,14,19H,1-5,12-13,15H2,(H2,28,33)(H,29,30,34). The summed E-state index contributed by atoms with van der Waals surface area (Å²) in [4.78, 5) is 41.5. The molecule has 0 spiro atoms. The highest BCUT2D eigenvalue weighted by Gasteiger charge is 2.22. The minimum Gasteiger partial charge on any atom is -0.370 e. The third-order valence-corrected chi connectivity index (χ3v) is 6.33. The van der Waals surface area contributed by atoms with Gasteiger partial charge in [-0.3, -0.25) is 19.7 Å². The van der Waals surface area contributed by atoms with Crippen molar-refractivity contribution in [1.29, 1.82) is 5.26 Å². The van der Waals surface area contributed by atoms with Gasteiger partial charge in [0.05, 0.1) is 22.7 Å². The van der Waals surface area contributed by atoms with Gasteiger partial charge in [0.15, 0.2) is 0 Å². The number of nitrogens with two attached hydrogens (primary N) is 1. The molecular weight excluding hydrogens is 430 g/mol. The van der Waals surface area contributed by atoms with E-state index in [1.807, 2.05) is 24.3 Å². The summed E-state index contributed by atoms with van der Waals surface area (Å²) in [5, 5.41) is 11.8. The van der Waals surface area contributed by atoms with Crippen LogP contribution in [0.5, 0.6) is 0 Å². The zero-order valence-corrected chi connectivity index (χ0v) is 18.9. The number of carbonyl (C=O) groups is 3. The van der Waals surface area contributed by atoms with Crippen molar-refractivity contribution in [1.82, 2.24) is 9.55 Å². The van der Waals surface area contributed by atoms with E-state index in [9.17, 15) is 14.4 Å².